The smallest absolute Gasteiger partial charge is 0.0300 e. The number of piperidine rings is 1. The molecule has 0 spiro atoms. The average Bonchev–Trinajstić information content (AvgIpc) is 2.37. The van der Waals surface area contributed by atoms with Crippen LogP contribution in [0.2, 0.25) is 0 Å². The lowest BCUT2D eigenvalue weighted by Gasteiger charge is -2.34. The second-order valence-corrected chi connectivity index (χ2v) is 5.64. The van der Waals surface area contributed by atoms with Crippen molar-refractivity contribution in [2.24, 2.45) is 5.92 Å². The van der Waals surface area contributed by atoms with Crippen LogP contribution < -0.4 is 5.32 Å². The van der Waals surface area contributed by atoms with Gasteiger partial charge in [-0.15, -0.1) is 0 Å². The fourth-order valence-electron chi connectivity index (χ4n) is 2.75. The summed E-state index contributed by atoms with van der Waals surface area (Å²) in [5.41, 5.74) is 2.64. The Labute approximate surface area is 111 Å². The van der Waals surface area contributed by atoms with Crippen LogP contribution >= 0.6 is 0 Å². The minimum absolute atomic E-state index is 0.584. The summed E-state index contributed by atoms with van der Waals surface area (Å²) in [4.78, 5) is 6.59. The van der Waals surface area contributed by atoms with Gasteiger partial charge in [0.2, 0.25) is 0 Å². The summed E-state index contributed by atoms with van der Waals surface area (Å²) in [6, 6.07) is 2.70. The summed E-state index contributed by atoms with van der Waals surface area (Å²) < 4.78 is 0. The largest absolute Gasteiger partial charge is 0.310 e. The van der Waals surface area contributed by atoms with Gasteiger partial charge in [0, 0.05) is 31.5 Å². The second-order valence-electron chi connectivity index (χ2n) is 5.64. The molecule has 2 rings (SSSR count). The highest BCUT2D eigenvalue weighted by atomic mass is 15.1. The van der Waals surface area contributed by atoms with E-state index in [1.54, 1.807) is 0 Å². The number of pyridine rings is 1. The van der Waals surface area contributed by atoms with Gasteiger partial charge in [0.25, 0.3) is 0 Å². The van der Waals surface area contributed by atoms with Crippen LogP contribution in [0, 0.1) is 12.8 Å². The fourth-order valence-corrected chi connectivity index (χ4v) is 2.75. The molecule has 1 fully saturated rings. The zero-order valence-electron chi connectivity index (χ0n) is 11.8. The Kier molecular flexibility index (Phi) is 4.72. The lowest BCUT2D eigenvalue weighted by atomic mass is 9.91. The van der Waals surface area contributed by atoms with Crippen molar-refractivity contribution in [3.05, 3.63) is 29.6 Å². The van der Waals surface area contributed by atoms with Crippen LogP contribution in [0.1, 0.15) is 30.9 Å². The molecule has 1 aliphatic heterocycles. The molecule has 1 aromatic heterocycles. The normalized spacial score (nSPS) is 22.9. The quantitative estimate of drug-likeness (QED) is 0.884. The maximum absolute atomic E-state index is 4.14. The van der Waals surface area contributed by atoms with Crippen LogP contribution in [0.4, 0.5) is 0 Å². The van der Waals surface area contributed by atoms with Crippen molar-refractivity contribution in [3.8, 4) is 0 Å². The number of likely N-dealkylation sites (tertiary alicyclic amines) is 1. The Bertz CT molecular complexity index is 378. The highest BCUT2D eigenvalue weighted by Crippen LogP contribution is 2.19. The van der Waals surface area contributed by atoms with Gasteiger partial charge in [0.1, 0.15) is 0 Å². The van der Waals surface area contributed by atoms with E-state index in [-0.39, 0.29) is 0 Å². The average molecular weight is 247 g/mol. The number of nitrogens with zero attached hydrogens (tertiary/aromatic N) is 2. The van der Waals surface area contributed by atoms with E-state index in [0.717, 1.165) is 12.5 Å². The zero-order chi connectivity index (χ0) is 13.0. The summed E-state index contributed by atoms with van der Waals surface area (Å²) in [6.07, 6.45) is 6.51. The van der Waals surface area contributed by atoms with Crippen molar-refractivity contribution in [1.82, 2.24) is 15.2 Å². The predicted molar refractivity (Wildman–Crippen MR) is 75.5 cm³/mol. The molecule has 18 heavy (non-hydrogen) atoms. The van der Waals surface area contributed by atoms with Crippen molar-refractivity contribution >= 4 is 0 Å². The Morgan fingerprint density at radius 3 is 3.11 bits per heavy atom. The first-order chi connectivity index (χ1) is 8.66. The van der Waals surface area contributed by atoms with Gasteiger partial charge in [-0.2, -0.15) is 0 Å². The van der Waals surface area contributed by atoms with Crippen molar-refractivity contribution in [1.29, 1.82) is 0 Å². The molecule has 1 aromatic rings. The van der Waals surface area contributed by atoms with Gasteiger partial charge in [-0.3, -0.25) is 4.98 Å². The highest BCUT2D eigenvalue weighted by Gasteiger charge is 2.22. The Morgan fingerprint density at radius 2 is 2.39 bits per heavy atom. The lowest BCUT2D eigenvalue weighted by Crippen LogP contribution is -2.42. The van der Waals surface area contributed by atoms with Crippen molar-refractivity contribution in [2.75, 3.05) is 20.1 Å². The van der Waals surface area contributed by atoms with E-state index >= 15 is 0 Å². The molecule has 2 heterocycles. The molecule has 2 unspecified atom stereocenters. The van der Waals surface area contributed by atoms with Gasteiger partial charge in [0.15, 0.2) is 0 Å². The van der Waals surface area contributed by atoms with Crippen molar-refractivity contribution in [2.45, 2.75) is 39.3 Å². The first-order valence-electron chi connectivity index (χ1n) is 6.98. The monoisotopic (exact) mass is 247 g/mol. The molecule has 100 valence electrons. The van der Waals surface area contributed by atoms with Crippen molar-refractivity contribution < 1.29 is 0 Å². The van der Waals surface area contributed by atoms with Gasteiger partial charge in [0.05, 0.1) is 0 Å². The molecule has 1 saturated heterocycles. The third-order valence-corrected chi connectivity index (χ3v) is 4.12. The molecule has 0 bridgehead atoms. The van der Waals surface area contributed by atoms with E-state index in [0.29, 0.717) is 6.04 Å². The number of hydrogen-bond donors (Lipinski definition) is 1. The second kappa shape index (κ2) is 6.30. The highest BCUT2D eigenvalue weighted by molar-refractivity contribution is 5.21. The molecule has 0 amide bonds. The summed E-state index contributed by atoms with van der Waals surface area (Å²) in [6.45, 7) is 7.88. The standard InChI is InChI=1S/C15H25N3/c1-12-9-16-7-6-14(12)10-17-13(2)15-5-4-8-18(3)11-15/h6-7,9,13,15,17H,4-5,8,10-11H2,1-3H3. The molecular formula is C15H25N3. The fraction of sp³-hybridized carbons (Fsp3) is 0.667. The minimum Gasteiger partial charge on any atom is -0.310 e. The predicted octanol–water partition coefficient (Wildman–Crippen LogP) is 2.21. The number of aryl methyl sites for hydroxylation is 1. The Hall–Kier alpha value is -0.930. The molecule has 3 heteroatoms. The van der Waals surface area contributed by atoms with Crippen molar-refractivity contribution in [3.63, 3.8) is 0 Å². The Morgan fingerprint density at radius 1 is 1.56 bits per heavy atom. The molecule has 1 N–H and O–H groups in total. The SMILES string of the molecule is Cc1cnccc1CNC(C)C1CCCN(C)C1. The van der Waals surface area contributed by atoms with Crippen LogP contribution in [-0.2, 0) is 6.54 Å². The maximum Gasteiger partial charge on any atom is 0.0300 e. The topological polar surface area (TPSA) is 28.2 Å². The minimum atomic E-state index is 0.584. The van der Waals surface area contributed by atoms with Crippen LogP contribution in [0.15, 0.2) is 18.5 Å². The number of aromatic nitrogens is 1. The summed E-state index contributed by atoms with van der Waals surface area (Å²) in [5, 5.41) is 3.68. The third-order valence-electron chi connectivity index (χ3n) is 4.12. The summed E-state index contributed by atoms with van der Waals surface area (Å²) in [5.74, 6) is 0.783. The van der Waals surface area contributed by atoms with Gasteiger partial charge < -0.3 is 10.2 Å². The zero-order valence-corrected chi connectivity index (χ0v) is 11.8. The third kappa shape index (κ3) is 3.53. The summed E-state index contributed by atoms with van der Waals surface area (Å²) in [7, 11) is 2.23. The molecule has 0 saturated carbocycles. The molecular weight excluding hydrogens is 222 g/mol. The van der Waals surface area contributed by atoms with Crippen LogP contribution in [0.25, 0.3) is 0 Å². The lowest BCUT2D eigenvalue weighted by molar-refractivity contribution is 0.178. The van der Waals surface area contributed by atoms with Gasteiger partial charge in [-0.1, -0.05) is 0 Å². The molecule has 0 radical (unpaired) electrons. The van der Waals surface area contributed by atoms with E-state index < -0.39 is 0 Å². The molecule has 2 atom stereocenters. The first kappa shape index (κ1) is 13.5. The van der Waals surface area contributed by atoms with E-state index in [4.69, 9.17) is 0 Å². The van der Waals surface area contributed by atoms with Crippen LogP contribution in [0.3, 0.4) is 0 Å². The van der Waals surface area contributed by atoms with Gasteiger partial charge in [-0.05, 0) is 63.4 Å². The summed E-state index contributed by atoms with van der Waals surface area (Å²) >= 11 is 0. The van der Waals surface area contributed by atoms with E-state index in [9.17, 15) is 0 Å². The number of hydrogen-bond acceptors (Lipinski definition) is 3. The van der Waals surface area contributed by atoms with E-state index in [1.807, 2.05) is 12.4 Å². The number of rotatable bonds is 4. The van der Waals surface area contributed by atoms with E-state index in [2.05, 4.69) is 42.2 Å². The first-order valence-corrected chi connectivity index (χ1v) is 6.98. The molecule has 0 aliphatic carbocycles. The van der Waals surface area contributed by atoms with Gasteiger partial charge >= 0.3 is 0 Å². The maximum atomic E-state index is 4.14. The van der Waals surface area contributed by atoms with Crippen LogP contribution in [-0.4, -0.2) is 36.1 Å². The van der Waals surface area contributed by atoms with Crippen LogP contribution in [0.5, 0.6) is 0 Å². The Balaban J connectivity index is 1.84. The molecule has 1 aliphatic rings. The molecule has 3 nitrogen and oxygen atoms in total. The molecule has 0 aromatic carbocycles. The van der Waals surface area contributed by atoms with E-state index in [1.165, 1.54) is 37.1 Å². The van der Waals surface area contributed by atoms with Gasteiger partial charge in [-0.25, -0.2) is 0 Å². The number of nitrogens with one attached hydrogen (secondary N) is 1.